The van der Waals surface area contributed by atoms with Crippen molar-refractivity contribution in [3.8, 4) is 11.5 Å². The SMILES string of the molecule is Cc1ccccc1CSCC(=O)Nc1ccc2nc(-c3ccccc3)oc2c1. The van der Waals surface area contributed by atoms with Gasteiger partial charge in [0, 0.05) is 23.1 Å². The van der Waals surface area contributed by atoms with Gasteiger partial charge < -0.3 is 9.73 Å². The number of carbonyl (C=O) groups excluding carboxylic acids is 1. The standard InChI is InChI=1S/C23H20N2O2S/c1-16-7-5-6-10-18(16)14-28-15-22(26)24-19-11-12-20-21(13-19)27-23(25-20)17-8-3-2-4-9-17/h2-13H,14-15H2,1H3,(H,24,26). The van der Waals surface area contributed by atoms with Gasteiger partial charge in [0.2, 0.25) is 11.8 Å². The molecule has 28 heavy (non-hydrogen) atoms. The van der Waals surface area contributed by atoms with E-state index in [9.17, 15) is 4.79 Å². The Hall–Kier alpha value is -3.05. The molecular weight excluding hydrogens is 368 g/mol. The van der Waals surface area contributed by atoms with Crippen LogP contribution in [0.15, 0.2) is 77.2 Å². The Balaban J connectivity index is 1.39. The van der Waals surface area contributed by atoms with Gasteiger partial charge in [0.25, 0.3) is 0 Å². The lowest BCUT2D eigenvalue weighted by atomic mass is 10.1. The summed E-state index contributed by atoms with van der Waals surface area (Å²) in [6, 6.07) is 23.5. The van der Waals surface area contributed by atoms with Gasteiger partial charge in [-0.3, -0.25) is 4.79 Å². The normalized spacial score (nSPS) is 10.9. The monoisotopic (exact) mass is 388 g/mol. The van der Waals surface area contributed by atoms with E-state index in [4.69, 9.17) is 4.42 Å². The van der Waals surface area contributed by atoms with Crippen LogP contribution in [0.1, 0.15) is 11.1 Å². The minimum Gasteiger partial charge on any atom is -0.436 e. The molecule has 1 heterocycles. The number of anilines is 1. The number of thioether (sulfide) groups is 1. The number of amides is 1. The van der Waals surface area contributed by atoms with E-state index in [0.717, 1.165) is 16.8 Å². The second kappa shape index (κ2) is 8.31. The van der Waals surface area contributed by atoms with Crippen molar-refractivity contribution >= 4 is 34.5 Å². The van der Waals surface area contributed by atoms with Crippen LogP contribution in [0.3, 0.4) is 0 Å². The molecule has 0 atom stereocenters. The second-order valence-corrected chi connectivity index (χ2v) is 7.52. The molecule has 0 aliphatic heterocycles. The summed E-state index contributed by atoms with van der Waals surface area (Å²) in [5, 5.41) is 2.94. The third-order valence-corrected chi connectivity index (χ3v) is 5.43. The van der Waals surface area contributed by atoms with Gasteiger partial charge >= 0.3 is 0 Å². The number of aromatic nitrogens is 1. The molecule has 0 saturated carbocycles. The Morgan fingerprint density at radius 3 is 2.64 bits per heavy atom. The van der Waals surface area contributed by atoms with Gasteiger partial charge in [0.05, 0.1) is 5.75 Å². The smallest absolute Gasteiger partial charge is 0.234 e. The minimum absolute atomic E-state index is 0.0271. The fourth-order valence-electron chi connectivity index (χ4n) is 2.93. The molecule has 4 aromatic rings. The Morgan fingerprint density at radius 1 is 1.04 bits per heavy atom. The molecule has 0 aliphatic rings. The maximum atomic E-state index is 12.3. The Morgan fingerprint density at radius 2 is 1.82 bits per heavy atom. The molecule has 0 bridgehead atoms. The van der Waals surface area contributed by atoms with Gasteiger partial charge in [0.1, 0.15) is 5.52 Å². The second-order valence-electron chi connectivity index (χ2n) is 6.54. The maximum absolute atomic E-state index is 12.3. The summed E-state index contributed by atoms with van der Waals surface area (Å²) in [4.78, 5) is 16.8. The van der Waals surface area contributed by atoms with Crippen molar-refractivity contribution in [1.29, 1.82) is 0 Å². The first-order chi connectivity index (χ1) is 13.7. The maximum Gasteiger partial charge on any atom is 0.234 e. The van der Waals surface area contributed by atoms with Crippen LogP contribution in [0.4, 0.5) is 5.69 Å². The van der Waals surface area contributed by atoms with Crippen LogP contribution in [-0.4, -0.2) is 16.6 Å². The Labute approximate surface area is 168 Å². The van der Waals surface area contributed by atoms with Crippen molar-refractivity contribution < 1.29 is 9.21 Å². The highest BCUT2D eigenvalue weighted by atomic mass is 32.2. The van der Waals surface area contributed by atoms with Gasteiger partial charge in [-0.2, -0.15) is 0 Å². The molecule has 0 spiro atoms. The van der Waals surface area contributed by atoms with Gasteiger partial charge in [0.15, 0.2) is 5.58 Å². The highest BCUT2D eigenvalue weighted by Crippen LogP contribution is 2.26. The number of hydrogen-bond donors (Lipinski definition) is 1. The fourth-order valence-corrected chi connectivity index (χ4v) is 3.83. The molecule has 0 fully saturated rings. The van der Waals surface area contributed by atoms with Crippen molar-refractivity contribution in [2.45, 2.75) is 12.7 Å². The molecular formula is C23H20N2O2S. The van der Waals surface area contributed by atoms with E-state index in [-0.39, 0.29) is 5.91 Å². The number of benzene rings is 3. The fraction of sp³-hybridized carbons (Fsp3) is 0.130. The predicted molar refractivity (Wildman–Crippen MR) is 115 cm³/mol. The summed E-state index contributed by atoms with van der Waals surface area (Å²) in [6.45, 7) is 2.09. The van der Waals surface area contributed by atoms with Crippen molar-refractivity contribution in [2.24, 2.45) is 0 Å². The topological polar surface area (TPSA) is 55.1 Å². The minimum atomic E-state index is -0.0271. The molecule has 3 aromatic carbocycles. The van der Waals surface area contributed by atoms with Crippen molar-refractivity contribution in [3.05, 3.63) is 83.9 Å². The first-order valence-electron chi connectivity index (χ1n) is 9.07. The molecule has 0 aliphatic carbocycles. The van der Waals surface area contributed by atoms with Crippen LogP contribution < -0.4 is 5.32 Å². The summed E-state index contributed by atoms with van der Waals surface area (Å²) in [6.07, 6.45) is 0. The largest absolute Gasteiger partial charge is 0.436 e. The summed E-state index contributed by atoms with van der Waals surface area (Å²) in [5.41, 5.74) is 5.58. The number of fused-ring (bicyclic) bond motifs is 1. The third-order valence-electron chi connectivity index (χ3n) is 4.44. The van der Waals surface area contributed by atoms with Gasteiger partial charge in [-0.15, -0.1) is 11.8 Å². The summed E-state index contributed by atoms with van der Waals surface area (Å²) in [5.74, 6) is 1.77. The lowest BCUT2D eigenvalue weighted by molar-refractivity contribution is -0.113. The predicted octanol–water partition coefficient (Wildman–Crippen LogP) is 5.68. The number of nitrogens with one attached hydrogen (secondary N) is 1. The Kier molecular flexibility index (Phi) is 5.44. The van der Waals surface area contributed by atoms with E-state index in [1.54, 1.807) is 11.8 Å². The van der Waals surface area contributed by atoms with Crippen LogP contribution in [0.25, 0.3) is 22.6 Å². The molecule has 1 N–H and O–H groups in total. The first kappa shape index (κ1) is 18.3. The van der Waals surface area contributed by atoms with Crippen LogP contribution in [0.5, 0.6) is 0 Å². The molecule has 4 nitrogen and oxygen atoms in total. The molecule has 4 rings (SSSR count). The molecule has 0 radical (unpaired) electrons. The molecule has 0 unspecified atom stereocenters. The molecule has 1 amide bonds. The lowest BCUT2D eigenvalue weighted by Crippen LogP contribution is -2.14. The number of hydrogen-bond acceptors (Lipinski definition) is 4. The van der Waals surface area contributed by atoms with Crippen LogP contribution >= 0.6 is 11.8 Å². The number of oxazole rings is 1. The average Bonchev–Trinajstić information content (AvgIpc) is 3.13. The highest BCUT2D eigenvalue weighted by molar-refractivity contribution is 7.99. The number of rotatable bonds is 6. The van der Waals surface area contributed by atoms with E-state index < -0.39 is 0 Å². The summed E-state index contributed by atoms with van der Waals surface area (Å²) >= 11 is 1.61. The van der Waals surface area contributed by atoms with Crippen LogP contribution in [0, 0.1) is 6.92 Å². The number of aryl methyl sites for hydroxylation is 1. The third kappa shape index (κ3) is 4.26. The summed E-state index contributed by atoms with van der Waals surface area (Å²) < 4.78 is 5.86. The quantitative estimate of drug-likeness (QED) is 0.462. The molecule has 5 heteroatoms. The molecule has 140 valence electrons. The van der Waals surface area contributed by atoms with Crippen molar-refractivity contribution in [1.82, 2.24) is 4.98 Å². The number of nitrogens with zero attached hydrogens (tertiary/aromatic N) is 1. The lowest BCUT2D eigenvalue weighted by Gasteiger charge is -2.06. The highest BCUT2D eigenvalue weighted by Gasteiger charge is 2.10. The number of carbonyl (C=O) groups is 1. The zero-order chi connectivity index (χ0) is 19.3. The van der Waals surface area contributed by atoms with Crippen molar-refractivity contribution in [2.75, 3.05) is 11.1 Å². The average molecular weight is 388 g/mol. The zero-order valence-electron chi connectivity index (χ0n) is 15.5. The molecule has 1 aromatic heterocycles. The van der Waals surface area contributed by atoms with E-state index in [1.165, 1.54) is 11.1 Å². The molecule has 0 saturated heterocycles. The van der Waals surface area contributed by atoms with E-state index in [0.29, 0.717) is 22.9 Å². The van der Waals surface area contributed by atoms with E-state index in [2.05, 4.69) is 29.4 Å². The van der Waals surface area contributed by atoms with Crippen LogP contribution in [0.2, 0.25) is 0 Å². The van der Waals surface area contributed by atoms with E-state index >= 15 is 0 Å². The van der Waals surface area contributed by atoms with Crippen molar-refractivity contribution in [3.63, 3.8) is 0 Å². The van der Waals surface area contributed by atoms with Gasteiger partial charge in [-0.05, 0) is 42.3 Å². The Bertz CT molecular complexity index is 1110. The zero-order valence-corrected chi connectivity index (χ0v) is 16.3. The van der Waals surface area contributed by atoms with Gasteiger partial charge in [-0.25, -0.2) is 4.98 Å². The first-order valence-corrected chi connectivity index (χ1v) is 10.2. The van der Waals surface area contributed by atoms with E-state index in [1.807, 2.05) is 60.7 Å². The van der Waals surface area contributed by atoms with Crippen LogP contribution in [-0.2, 0) is 10.5 Å². The van der Waals surface area contributed by atoms with Gasteiger partial charge in [-0.1, -0.05) is 42.5 Å². The summed E-state index contributed by atoms with van der Waals surface area (Å²) in [7, 11) is 0.